The molecule has 3 atom stereocenters. The highest BCUT2D eigenvalue weighted by Crippen LogP contribution is 2.42. The van der Waals surface area contributed by atoms with Gasteiger partial charge in [0.05, 0.1) is 10.2 Å². The van der Waals surface area contributed by atoms with Gasteiger partial charge < -0.3 is 21.1 Å². The molecule has 1 aliphatic carbocycles. The van der Waals surface area contributed by atoms with Crippen LogP contribution in [0.3, 0.4) is 0 Å². The van der Waals surface area contributed by atoms with E-state index in [9.17, 15) is 13.2 Å². The lowest BCUT2D eigenvalue weighted by Crippen LogP contribution is -2.40. The second-order valence-corrected chi connectivity index (χ2v) is 9.71. The number of thiophene rings is 1. The lowest BCUT2D eigenvalue weighted by molar-refractivity contribution is -0.192. The minimum Gasteiger partial charge on any atom is -0.475 e. The van der Waals surface area contributed by atoms with E-state index in [-0.39, 0.29) is 0 Å². The number of nitrogens with one attached hydrogen (secondary N) is 1. The summed E-state index contributed by atoms with van der Waals surface area (Å²) in [6, 6.07) is 0.611. The molecule has 0 spiro atoms. The smallest absolute Gasteiger partial charge is 0.475 e. The number of hydrogen-bond donors (Lipinski definition) is 3. The third-order valence-electron chi connectivity index (χ3n) is 6.27. The molecule has 0 bridgehead atoms. The zero-order valence-electron chi connectivity index (χ0n) is 17.2. The van der Waals surface area contributed by atoms with Gasteiger partial charge in [-0.05, 0) is 56.0 Å². The summed E-state index contributed by atoms with van der Waals surface area (Å²) < 4.78 is 33.0. The summed E-state index contributed by atoms with van der Waals surface area (Å²) >= 11 is 1.91. The van der Waals surface area contributed by atoms with Gasteiger partial charge in [0, 0.05) is 24.0 Å². The number of carbonyl (C=O) groups is 1. The fourth-order valence-corrected chi connectivity index (χ4v) is 6.05. The summed E-state index contributed by atoms with van der Waals surface area (Å²) in [5.41, 5.74) is 8.68. The Morgan fingerprint density at radius 3 is 2.71 bits per heavy atom. The summed E-state index contributed by atoms with van der Waals surface area (Å²) in [6.07, 6.45) is 1.15. The van der Waals surface area contributed by atoms with Crippen LogP contribution in [0.15, 0.2) is 0 Å². The van der Waals surface area contributed by atoms with Gasteiger partial charge in [-0.3, -0.25) is 0 Å². The number of nitrogens with two attached hydrogens (primary N) is 1. The van der Waals surface area contributed by atoms with Crippen LogP contribution >= 0.6 is 11.3 Å². The number of aryl methyl sites for hydroxylation is 1. The molecule has 2 fully saturated rings. The number of anilines is 2. The van der Waals surface area contributed by atoms with Gasteiger partial charge in [0.15, 0.2) is 5.82 Å². The zero-order valence-corrected chi connectivity index (χ0v) is 18.0. The monoisotopic (exact) mass is 457 g/mol. The number of hydrogen-bond acceptors (Lipinski definition) is 7. The number of halogens is 3. The van der Waals surface area contributed by atoms with E-state index in [4.69, 9.17) is 15.6 Å². The third kappa shape index (κ3) is 4.57. The van der Waals surface area contributed by atoms with E-state index in [1.807, 2.05) is 11.3 Å². The van der Waals surface area contributed by atoms with Gasteiger partial charge in [0.25, 0.3) is 0 Å². The van der Waals surface area contributed by atoms with Crippen molar-refractivity contribution in [2.75, 3.05) is 30.3 Å². The maximum absolute atomic E-state index is 10.6. The SMILES string of the molecule is CC1CCc2sc3c(N4C[C@H]5CCCN[C@H]5C4)nc(N)nc3c2C1.O=C(O)C(F)(F)F. The number of nitrogens with zero attached hydrogens (tertiary/aromatic N) is 3. The van der Waals surface area contributed by atoms with Crippen LogP contribution in [0.1, 0.15) is 36.6 Å². The van der Waals surface area contributed by atoms with Gasteiger partial charge in [-0.25, -0.2) is 9.78 Å². The zero-order chi connectivity index (χ0) is 22.3. The number of carboxylic acid groups (broad SMARTS) is 1. The maximum atomic E-state index is 10.6. The summed E-state index contributed by atoms with van der Waals surface area (Å²) in [5, 5.41) is 10.8. The first-order chi connectivity index (χ1) is 14.6. The normalized spacial score (nSPS) is 25.5. The number of rotatable bonds is 1. The Balaban J connectivity index is 0.000000289. The lowest BCUT2D eigenvalue weighted by atomic mass is 9.89. The van der Waals surface area contributed by atoms with Crippen LogP contribution < -0.4 is 16.0 Å². The van der Waals surface area contributed by atoms with Gasteiger partial charge in [-0.15, -0.1) is 11.3 Å². The molecule has 0 amide bonds. The Hall–Kier alpha value is -2.14. The van der Waals surface area contributed by atoms with Crippen LogP contribution in [0.5, 0.6) is 0 Å². The molecular weight excluding hydrogens is 431 g/mol. The van der Waals surface area contributed by atoms with Crippen LogP contribution in [-0.2, 0) is 17.6 Å². The molecule has 170 valence electrons. The van der Waals surface area contributed by atoms with Crippen LogP contribution in [0.4, 0.5) is 24.9 Å². The Bertz CT molecular complexity index is 966. The summed E-state index contributed by atoms with van der Waals surface area (Å²) in [7, 11) is 0. The minimum atomic E-state index is -5.08. The molecular formula is C20H26F3N5O2S. The van der Waals surface area contributed by atoms with E-state index in [2.05, 4.69) is 27.1 Å². The van der Waals surface area contributed by atoms with Crippen molar-refractivity contribution in [1.82, 2.24) is 15.3 Å². The second kappa shape index (κ2) is 8.42. The van der Waals surface area contributed by atoms with Crippen LogP contribution in [0.2, 0.25) is 0 Å². The molecule has 11 heteroatoms. The van der Waals surface area contributed by atoms with E-state index in [0.29, 0.717) is 12.0 Å². The first-order valence-electron chi connectivity index (χ1n) is 10.5. The number of alkyl halides is 3. The van der Waals surface area contributed by atoms with Crippen molar-refractivity contribution in [1.29, 1.82) is 0 Å². The van der Waals surface area contributed by atoms with Gasteiger partial charge in [-0.2, -0.15) is 18.2 Å². The van der Waals surface area contributed by atoms with Crippen molar-refractivity contribution in [2.24, 2.45) is 11.8 Å². The molecule has 2 saturated heterocycles. The Morgan fingerprint density at radius 2 is 2.03 bits per heavy atom. The van der Waals surface area contributed by atoms with Gasteiger partial charge >= 0.3 is 12.1 Å². The van der Waals surface area contributed by atoms with E-state index < -0.39 is 12.1 Å². The molecule has 2 aromatic heterocycles. The van der Waals surface area contributed by atoms with Crippen molar-refractivity contribution in [2.45, 2.75) is 51.2 Å². The van der Waals surface area contributed by atoms with E-state index in [1.54, 1.807) is 0 Å². The van der Waals surface area contributed by atoms with Gasteiger partial charge in [-0.1, -0.05) is 6.92 Å². The number of piperidine rings is 1. The average Bonchev–Trinajstić information content (AvgIpc) is 3.28. The molecule has 1 unspecified atom stereocenters. The highest BCUT2D eigenvalue weighted by atomic mass is 32.1. The third-order valence-corrected chi connectivity index (χ3v) is 7.55. The Kier molecular flexibility index (Phi) is 5.99. The molecule has 2 aromatic rings. The average molecular weight is 458 g/mol. The van der Waals surface area contributed by atoms with E-state index in [1.165, 1.54) is 40.8 Å². The van der Waals surface area contributed by atoms with Crippen LogP contribution in [0, 0.1) is 11.8 Å². The van der Waals surface area contributed by atoms with Crippen LogP contribution in [-0.4, -0.2) is 52.9 Å². The predicted molar refractivity (Wildman–Crippen MR) is 113 cm³/mol. The predicted octanol–water partition coefficient (Wildman–Crippen LogP) is 3.22. The fraction of sp³-hybridized carbons (Fsp3) is 0.650. The standard InChI is InChI=1S/C18H25N5S.C2HF3O2/c1-10-4-5-14-12(7-10)15-16(24-14)17(22-18(19)21-15)23-8-11-3-2-6-20-13(11)9-23;3-2(4,5)1(6)7/h10-11,13,20H,2-9H2,1H3,(H2,19,21,22);(H,6,7)/t10?,11-,13+;/m1./s1. The summed E-state index contributed by atoms with van der Waals surface area (Å²) in [6.45, 7) is 5.65. The van der Waals surface area contributed by atoms with Crippen molar-refractivity contribution < 1.29 is 23.1 Å². The molecule has 0 aromatic carbocycles. The van der Waals surface area contributed by atoms with Crippen molar-refractivity contribution in [3.05, 3.63) is 10.4 Å². The number of nitrogen functional groups attached to an aromatic ring is 1. The summed E-state index contributed by atoms with van der Waals surface area (Å²) in [4.78, 5) is 22.2. The minimum absolute atomic E-state index is 0.430. The topological polar surface area (TPSA) is 104 Å². The second-order valence-electron chi connectivity index (χ2n) is 8.61. The first kappa shape index (κ1) is 22.1. The summed E-state index contributed by atoms with van der Waals surface area (Å²) in [5.74, 6) is 0.251. The van der Waals surface area contributed by atoms with Gasteiger partial charge in [0.2, 0.25) is 5.95 Å². The molecule has 2 aliphatic heterocycles. The molecule has 3 aliphatic rings. The fourth-order valence-electron chi connectivity index (χ4n) is 4.75. The molecule has 0 radical (unpaired) electrons. The lowest BCUT2D eigenvalue weighted by Gasteiger charge is -2.24. The molecule has 7 nitrogen and oxygen atoms in total. The Labute approximate surface area is 181 Å². The number of carboxylic acids is 1. The highest BCUT2D eigenvalue weighted by Gasteiger charge is 2.38. The quantitative estimate of drug-likeness (QED) is 0.604. The van der Waals surface area contributed by atoms with E-state index >= 15 is 0 Å². The Morgan fingerprint density at radius 1 is 1.29 bits per heavy atom. The maximum Gasteiger partial charge on any atom is 0.490 e. The van der Waals surface area contributed by atoms with Crippen molar-refractivity contribution in [3.8, 4) is 0 Å². The number of fused-ring (bicyclic) bond motifs is 4. The highest BCUT2D eigenvalue weighted by molar-refractivity contribution is 7.19. The van der Waals surface area contributed by atoms with Crippen molar-refractivity contribution in [3.63, 3.8) is 0 Å². The molecule has 4 N–H and O–H groups in total. The van der Waals surface area contributed by atoms with Gasteiger partial charge in [0.1, 0.15) is 0 Å². The molecule has 0 saturated carbocycles. The number of aliphatic carboxylic acids is 1. The number of aromatic nitrogens is 2. The van der Waals surface area contributed by atoms with Crippen molar-refractivity contribution >= 4 is 39.3 Å². The molecule has 31 heavy (non-hydrogen) atoms. The van der Waals surface area contributed by atoms with E-state index in [0.717, 1.165) is 49.2 Å². The molecule has 4 heterocycles. The first-order valence-corrected chi connectivity index (χ1v) is 11.3. The van der Waals surface area contributed by atoms with Crippen LogP contribution in [0.25, 0.3) is 10.2 Å². The largest absolute Gasteiger partial charge is 0.490 e. The molecule has 5 rings (SSSR count).